The summed E-state index contributed by atoms with van der Waals surface area (Å²) in [7, 11) is 1.15. The van der Waals surface area contributed by atoms with E-state index < -0.39 is 29.2 Å². The van der Waals surface area contributed by atoms with Gasteiger partial charge < -0.3 is 19.9 Å². The topological polar surface area (TPSA) is 84.9 Å². The number of methoxy groups -OCH3 is 1. The maximum absolute atomic E-state index is 12.9. The third-order valence-corrected chi connectivity index (χ3v) is 4.56. The quantitative estimate of drug-likeness (QED) is 0.689. The summed E-state index contributed by atoms with van der Waals surface area (Å²) in [5.74, 6) is -1.75. The molecule has 0 aliphatic heterocycles. The smallest absolute Gasteiger partial charge is 0.344 e. The van der Waals surface area contributed by atoms with Crippen molar-refractivity contribution in [3.05, 3.63) is 58.8 Å². The Morgan fingerprint density at radius 3 is 2.36 bits per heavy atom. The van der Waals surface area contributed by atoms with Crippen molar-refractivity contribution in [2.24, 2.45) is 0 Å². The predicted molar refractivity (Wildman–Crippen MR) is 110 cm³/mol. The van der Waals surface area contributed by atoms with Crippen LogP contribution in [-0.4, -0.2) is 41.4 Å². The van der Waals surface area contributed by atoms with Gasteiger partial charge in [-0.25, -0.2) is 9.59 Å². The van der Waals surface area contributed by atoms with Gasteiger partial charge in [-0.2, -0.15) is 0 Å². The minimum absolute atomic E-state index is 0.546. The van der Waals surface area contributed by atoms with Crippen LogP contribution in [0.3, 0.4) is 0 Å². The van der Waals surface area contributed by atoms with E-state index in [-0.39, 0.29) is 0 Å². The number of benzene rings is 1. The van der Waals surface area contributed by atoms with E-state index in [0.29, 0.717) is 5.69 Å². The second kappa shape index (κ2) is 9.03. The zero-order chi connectivity index (χ0) is 20.8. The van der Waals surface area contributed by atoms with E-state index in [9.17, 15) is 14.7 Å². The van der Waals surface area contributed by atoms with Crippen molar-refractivity contribution in [3.63, 3.8) is 0 Å². The Morgan fingerprint density at radius 2 is 1.82 bits per heavy atom. The number of anilines is 1. The summed E-state index contributed by atoms with van der Waals surface area (Å²) < 4.78 is 10.2. The molecule has 0 radical (unpaired) electrons. The van der Waals surface area contributed by atoms with Gasteiger partial charge in [0.05, 0.1) is 7.11 Å². The van der Waals surface area contributed by atoms with Gasteiger partial charge in [0.15, 0.2) is 6.04 Å². The van der Waals surface area contributed by atoms with Crippen LogP contribution in [0.1, 0.15) is 25.6 Å². The summed E-state index contributed by atoms with van der Waals surface area (Å²) in [6.07, 6.45) is 2.83. The molecule has 1 aromatic carbocycles. The molecule has 150 valence electrons. The summed E-state index contributed by atoms with van der Waals surface area (Å²) in [5, 5.41) is 16.0. The maximum atomic E-state index is 12.9. The largest absolute Gasteiger partial charge is 0.467 e. The van der Waals surface area contributed by atoms with Gasteiger partial charge >= 0.3 is 11.9 Å². The molecule has 28 heavy (non-hydrogen) atoms. The van der Waals surface area contributed by atoms with Crippen LogP contribution in [0.25, 0.3) is 6.08 Å². The van der Waals surface area contributed by atoms with Crippen LogP contribution in [0.4, 0.5) is 5.69 Å². The average molecular weight is 404 g/mol. The zero-order valence-electron chi connectivity index (χ0n) is 16.3. The molecule has 0 aliphatic carbocycles. The van der Waals surface area contributed by atoms with E-state index >= 15 is 0 Å². The summed E-state index contributed by atoms with van der Waals surface area (Å²) >= 11 is 1.43. The van der Waals surface area contributed by atoms with Gasteiger partial charge in [0.1, 0.15) is 5.60 Å². The van der Waals surface area contributed by atoms with Crippen LogP contribution < -0.4 is 5.32 Å². The number of hydrogen-bond donors (Lipinski definition) is 2. The molecule has 6 nitrogen and oxygen atoms in total. The monoisotopic (exact) mass is 403 g/mol. The first-order valence-corrected chi connectivity index (χ1v) is 9.61. The standard InChI is InChI=1S/C21H25NO5S/c1-20(2,3)27-18(23)17(22-15-9-6-5-7-10-15)21(25,19(24)26-4)13-12-16-11-8-14-28-16/h5-14,17,22,25H,1-4H3/b13-12+/t17-,21-/m1/s1. The highest BCUT2D eigenvalue weighted by molar-refractivity contribution is 7.10. The highest BCUT2D eigenvalue weighted by atomic mass is 32.1. The van der Waals surface area contributed by atoms with Crippen LogP contribution in [-0.2, 0) is 19.1 Å². The van der Waals surface area contributed by atoms with Gasteiger partial charge in [-0.05, 0) is 56.5 Å². The Balaban J connectivity index is 2.46. The van der Waals surface area contributed by atoms with Gasteiger partial charge in [0.2, 0.25) is 5.60 Å². The van der Waals surface area contributed by atoms with Gasteiger partial charge in [-0.3, -0.25) is 0 Å². The summed E-state index contributed by atoms with van der Waals surface area (Å²) in [6, 6.07) is 11.0. The number of nitrogens with one attached hydrogen (secondary N) is 1. The molecular weight excluding hydrogens is 378 g/mol. The van der Waals surface area contributed by atoms with E-state index in [1.807, 2.05) is 23.6 Å². The number of para-hydroxylation sites is 1. The summed E-state index contributed by atoms with van der Waals surface area (Å²) in [6.45, 7) is 5.13. The van der Waals surface area contributed by atoms with Gasteiger partial charge in [0.25, 0.3) is 0 Å². The third-order valence-electron chi connectivity index (χ3n) is 3.72. The molecule has 0 unspecified atom stereocenters. The highest BCUT2D eigenvalue weighted by Gasteiger charge is 2.49. The van der Waals surface area contributed by atoms with Crippen molar-refractivity contribution in [1.82, 2.24) is 0 Å². The van der Waals surface area contributed by atoms with Crippen molar-refractivity contribution in [1.29, 1.82) is 0 Å². The molecule has 0 amide bonds. The summed E-state index contributed by atoms with van der Waals surface area (Å²) in [4.78, 5) is 26.2. The average Bonchev–Trinajstić information content (AvgIpc) is 3.16. The van der Waals surface area contributed by atoms with Crippen LogP contribution in [0.5, 0.6) is 0 Å². The molecular formula is C21H25NO5S. The Labute approximate surface area is 168 Å². The van der Waals surface area contributed by atoms with Gasteiger partial charge in [-0.15, -0.1) is 11.3 Å². The number of carbonyl (C=O) groups is 2. The molecule has 1 aromatic heterocycles. The molecule has 2 atom stereocenters. The molecule has 2 aromatic rings. The maximum Gasteiger partial charge on any atom is 0.344 e. The summed E-state index contributed by atoms with van der Waals surface area (Å²) in [5.41, 5.74) is -2.54. The molecule has 0 bridgehead atoms. The lowest BCUT2D eigenvalue weighted by Crippen LogP contribution is -2.57. The minimum atomic E-state index is -2.28. The van der Waals surface area contributed by atoms with Crippen molar-refractivity contribution in [2.75, 3.05) is 12.4 Å². The Kier molecular flexibility index (Phi) is 6.99. The number of ether oxygens (including phenoxy) is 2. The second-order valence-electron chi connectivity index (χ2n) is 7.14. The zero-order valence-corrected chi connectivity index (χ0v) is 17.2. The lowest BCUT2D eigenvalue weighted by molar-refractivity contribution is -0.171. The van der Waals surface area contributed by atoms with Crippen LogP contribution in [0.15, 0.2) is 53.9 Å². The van der Waals surface area contributed by atoms with Crippen LogP contribution in [0, 0.1) is 0 Å². The number of carbonyl (C=O) groups excluding carboxylic acids is 2. The van der Waals surface area contributed by atoms with E-state index in [1.54, 1.807) is 51.1 Å². The number of esters is 2. The molecule has 2 rings (SSSR count). The van der Waals surface area contributed by atoms with Gasteiger partial charge in [0, 0.05) is 10.6 Å². The fourth-order valence-corrected chi connectivity index (χ4v) is 3.07. The molecule has 0 fully saturated rings. The number of thiophene rings is 1. The van der Waals surface area contributed by atoms with Crippen molar-refractivity contribution in [3.8, 4) is 0 Å². The fraction of sp³-hybridized carbons (Fsp3) is 0.333. The SMILES string of the molecule is COC(=O)[C@@](O)(/C=C/c1cccs1)[C@H](Nc1ccccc1)C(=O)OC(C)(C)C. The Bertz CT molecular complexity index is 811. The highest BCUT2D eigenvalue weighted by Crippen LogP contribution is 2.25. The lowest BCUT2D eigenvalue weighted by atomic mass is 9.92. The lowest BCUT2D eigenvalue weighted by Gasteiger charge is -2.33. The van der Waals surface area contributed by atoms with Crippen molar-refractivity contribution < 1.29 is 24.2 Å². The van der Waals surface area contributed by atoms with E-state index in [1.165, 1.54) is 17.4 Å². The first kappa shape index (κ1) is 21.7. The molecule has 0 saturated carbocycles. The molecule has 0 saturated heterocycles. The molecule has 1 heterocycles. The minimum Gasteiger partial charge on any atom is -0.467 e. The number of hydrogen-bond acceptors (Lipinski definition) is 7. The second-order valence-corrected chi connectivity index (χ2v) is 8.12. The fourth-order valence-electron chi connectivity index (χ4n) is 2.45. The third kappa shape index (κ3) is 5.68. The van der Waals surface area contributed by atoms with E-state index in [4.69, 9.17) is 9.47 Å². The van der Waals surface area contributed by atoms with Crippen LogP contribution >= 0.6 is 11.3 Å². The number of rotatable bonds is 7. The van der Waals surface area contributed by atoms with E-state index in [2.05, 4.69) is 5.32 Å². The Hall–Kier alpha value is -2.64. The van der Waals surface area contributed by atoms with Crippen molar-refractivity contribution in [2.45, 2.75) is 38.0 Å². The first-order chi connectivity index (χ1) is 13.2. The molecule has 0 spiro atoms. The first-order valence-electron chi connectivity index (χ1n) is 8.74. The van der Waals surface area contributed by atoms with Crippen molar-refractivity contribution >= 4 is 35.0 Å². The predicted octanol–water partition coefficient (Wildman–Crippen LogP) is 3.49. The number of aliphatic hydroxyl groups is 1. The normalized spacial score (nSPS) is 14.9. The molecule has 7 heteroatoms. The van der Waals surface area contributed by atoms with E-state index in [0.717, 1.165) is 12.0 Å². The Morgan fingerprint density at radius 1 is 1.14 bits per heavy atom. The van der Waals surface area contributed by atoms with Crippen LogP contribution in [0.2, 0.25) is 0 Å². The molecule has 0 aliphatic rings. The van der Waals surface area contributed by atoms with Gasteiger partial charge in [-0.1, -0.05) is 24.3 Å². The molecule has 2 N–H and O–H groups in total.